The Balaban J connectivity index is 0.000000850. The summed E-state index contributed by atoms with van der Waals surface area (Å²) in [6.07, 6.45) is 6.56. The fraction of sp³-hybridized carbons (Fsp3) is 0.400. The summed E-state index contributed by atoms with van der Waals surface area (Å²) < 4.78 is 43.7. The summed E-state index contributed by atoms with van der Waals surface area (Å²) in [6, 6.07) is 0.502. The molecule has 196 valence electrons. The minimum absolute atomic E-state index is 0.0239. The van der Waals surface area contributed by atoms with E-state index in [1.54, 1.807) is 25.3 Å². The van der Waals surface area contributed by atoms with Crippen LogP contribution in [0.5, 0.6) is 0 Å². The van der Waals surface area contributed by atoms with Crippen LogP contribution >= 0.6 is 11.6 Å². The van der Waals surface area contributed by atoms with Gasteiger partial charge in [-0.15, -0.1) is 0 Å². The molecule has 3 heterocycles. The van der Waals surface area contributed by atoms with Gasteiger partial charge in [0.1, 0.15) is 11.7 Å². The third kappa shape index (κ3) is 7.20. The highest BCUT2D eigenvalue weighted by molar-refractivity contribution is 6.30. The Hall–Kier alpha value is -3.11. The van der Waals surface area contributed by atoms with Crippen LogP contribution in [0.25, 0.3) is 11.2 Å². The largest absolute Gasteiger partial charge is 0.483 e. The van der Waals surface area contributed by atoms with Gasteiger partial charge in [-0.25, -0.2) is 4.98 Å². The van der Waals surface area contributed by atoms with Crippen molar-refractivity contribution in [2.75, 3.05) is 0 Å². The lowest BCUT2D eigenvalue weighted by molar-refractivity contribution is -0.159. The van der Waals surface area contributed by atoms with Gasteiger partial charge in [0, 0.05) is 17.8 Å². The molecule has 0 radical (unpaired) electrons. The highest BCUT2D eigenvalue weighted by Gasteiger charge is 2.43. The lowest BCUT2D eigenvalue weighted by Crippen LogP contribution is -2.48. The number of dihydropyridines is 1. The maximum Gasteiger partial charge on any atom is 0.408 e. The Labute approximate surface area is 212 Å². The number of allylic oxidation sites excluding steroid dienone is 4. The number of nitrogens with one attached hydrogen (secondary N) is 2. The van der Waals surface area contributed by atoms with E-state index in [2.05, 4.69) is 15.6 Å². The van der Waals surface area contributed by atoms with Crippen molar-refractivity contribution < 1.29 is 23.1 Å². The van der Waals surface area contributed by atoms with Crippen LogP contribution in [0.1, 0.15) is 63.8 Å². The molecule has 0 aromatic carbocycles. The third-order valence-corrected chi connectivity index (χ3v) is 5.73. The zero-order chi connectivity index (χ0) is 26.9. The standard InChI is InChI=1S/C22H22ClF3N4O.C2H6.CH2O2/c1-13-6-5-9-27-20(13)29-19(22(24,25)26)16-10-15(23)12-30-18(31)11-17(28-21(16)30)14-7-3-2-4-8-14;1-2;2-1-3/h5-7,9-12,19-20,27,29H,2-4,8H2,1H3;1-2H3;1H,(H,2,3). The van der Waals surface area contributed by atoms with E-state index in [1.807, 2.05) is 19.9 Å². The molecule has 0 saturated carbocycles. The van der Waals surface area contributed by atoms with Crippen LogP contribution in [-0.4, -0.2) is 33.3 Å². The number of hydrogen-bond donors (Lipinski definition) is 3. The Morgan fingerprint density at radius 1 is 1.31 bits per heavy atom. The monoisotopic (exact) mass is 526 g/mol. The number of rotatable bonds is 4. The number of nitrogens with zero attached hydrogens (tertiary/aromatic N) is 2. The van der Waals surface area contributed by atoms with E-state index >= 15 is 0 Å². The number of pyridine rings is 1. The molecular weight excluding hydrogens is 497 g/mol. The molecule has 3 N–H and O–H groups in total. The minimum Gasteiger partial charge on any atom is -0.483 e. The number of carbonyl (C=O) groups is 1. The molecule has 1 aliphatic carbocycles. The van der Waals surface area contributed by atoms with Crippen LogP contribution in [0.2, 0.25) is 5.02 Å². The molecule has 2 aromatic heterocycles. The number of aromatic nitrogens is 2. The predicted octanol–water partition coefficient (Wildman–Crippen LogP) is 5.61. The molecule has 2 aliphatic rings. The first-order valence-corrected chi connectivity index (χ1v) is 12.0. The van der Waals surface area contributed by atoms with E-state index in [9.17, 15) is 18.0 Å². The second-order valence-electron chi connectivity index (χ2n) is 7.88. The highest BCUT2D eigenvalue weighted by Crippen LogP contribution is 2.36. The molecule has 0 spiro atoms. The summed E-state index contributed by atoms with van der Waals surface area (Å²) in [4.78, 5) is 25.6. The van der Waals surface area contributed by atoms with Gasteiger partial charge in [-0.1, -0.05) is 37.6 Å². The number of hydrogen-bond acceptors (Lipinski definition) is 5. The van der Waals surface area contributed by atoms with Gasteiger partial charge < -0.3 is 10.4 Å². The molecule has 0 fully saturated rings. The number of fused-ring (bicyclic) bond motifs is 1. The third-order valence-electron chi connectivity index (χ3n) is 5.52. The molecular formula is C25H30ClF3N4O3. The first-order chi connectivity index (χ1) is 17.2. The predicted molar refractivity (Wildman–Crippen MR) is 135 cm³/mol. The lowest BCUT2D eigenvalue weighted by Gasteiger charge is -2.30. The smallest absolute Gasteiger partial charge is 0.408 e. The topological polar surface area (TPSA) is 95.7 Å². The average molecular weight is 527 g/mol. The molecule has 2 aromatic rings. The van der Waals surface area contributed by atoms with E-state index < -0.39 is 23.9 Å². The van der Waals surface area contributed by atoms with Gasteiger partial charge in [-0.3, -0.25) is 19.3 Å². The average Bonchev–Trinajstić information content (AvgIpc) is 2.85. The molecule has 7 nitrogen and oxygen atoms in total. The van der Waals surface area contributed by atoms with Gasteiger partial charge in [0.25, 0.3) is 12.0 Å². The zero-order valence-electron chi connectivity index (χ0n) is 20.3. The molecule has 0 saturated heterocycles. The van der Waals surface area contributed by atoms with Crippen LogP contribution < -0.4 is 16.2 Å². The van der Waals surface area contributed by atoms with Crippen molar-refractivity contribution in [1.82, 2.24) is 20.0 Å². The molecule has 0 amide bonds. The second-order valence-corrected chi connectivity index (χ2v) is 8.31. The number of alkyl halides is 3. The van der Waals surface area contributed by atoms with Crippen LogP contribution in [0.4, 0.5) is 13.2 Å². The summed E-state index contributed by atoms with van der Waals surface area (Å²) in [5.74, 6) is 0. The van der Waals surface area contributed by atoms with Crippen molar-refractivity contribution in [2.24, 2.45) is 0 Å². The lowest BCUT2D eigenvalue weighted by atomic mass is 9.97. The molecule has 11 heteroatoms. The normalized spacial score (nSPS) is 17.9. The maximum atomic E-state index is 14.2. The van der Waals surface area contributed by atoms with Gasteiger partial charge >= 0.3 is 6.18 Å². The van der Waals surface area contributed by atoms with Crippen molar-refractivity contribution in [3.8, 4) is 0 Å². The van der Waals surface area contributed by atoms with Crippen molar-refractivity contribution in [1.29, 1.82) is 0 Å². The maximum absolute atomic E-state index is 14.2. The van der Waals surface area contributed by atoms with E-state index in [1.165, 1.54) is 18.3 Å². The number of halogens is 4. The van der Waals surface area contributed by atoms with Crippen LogP contribution in [0.15, 0.2) is 53.1 Å². The Bertz CT molecular complexity index is 1210. The van der Waals surface area contributed by atoms with Crippen LogP contribution in [0, 0.1) is 0 Å². The van der Waals surface area contributed by atoms with Gasteiger partial charge in [-0.2, -0.15) is 13.2 Å². The van der Waals surface area contributed by atoms with Crippen molar-refractivity contribution in [3.05, 3.63) is 75.0 Å². The SMILES string of the molecule is CC.CC1=CC=CNC1NC(c1cc(Cl)cn2c(=O)cc(C3=CCCCC3)nc12)C(F)(F)F.O=CO. The summed E-state index contributed by atoms with van der Waals surface area (Å²) in [6.45, 7) is 5.48. The van der Waals surface area contributed by atoms with Crippen LogP contribution in [-0.2, 0) is 4.79 Å². The van der Waals surface area contributed by atoms with Crippen molar-refractivity contribution in [2.45, 2.75) is 64.8 Å². The number of carboxylic acid groups (broad SMARTS) is 1. The molecule has 1 aliphatic heterocycles. The van der Waals surface area contributed by atoms with E-state index in [-0.39, 0.29) is 22.7 Å². The van der Waals surface area contributed by atoms with E-state index in [0.29, 0.717) is 11.3 Å². The molecule has 2 unspecified atom stereocenters. The van der Waals surface area contributed by atoms with E-state index in [4.69, 9.17) is 21.5 Å². The fourth-order valence-electron chi connectivity index (χ4n) is 3.93. The summed E-state index contributed by atoms with van der Waals surface area (Å²) in [5, 5.41) is 12.4. The Kier molecular flexibility index (Phi) is 10.7. The first-order valence-electron chi connectivity index (χ1n) is 11.6. The minimum atomic E-state index is -4.65. The molecule has 0 bridgehead atoms. The molecule has 2 atom stereocenters. The van der Waals surface area contributed by atoms with Crippen LogP contribution in [0.3, 0.4) is 0 Å². The van der Waals surface area contributed by atoms with Gasteiger partial charge in [-0.05, 0) is 62.1 Å². The summed E-state index contributed by atoms with van der Waals surface area (Å²) in [5.41, 5.74) is 1.29. The zero-order valence-corrected chi connectivity index (χ0v) is 21.0. The summed E-state index contributed by atoms with van der Waals surface area (Å²) in [7, 11) is 0. The van der Waals surface area contributed by atoms with Crippen molar-refractivity contribution >= 4 is 29.3 Å². The molecule has 36 heavy (non-hydrogen) atoms. The van der Waals surface area contributed by atoms with Crippen molar-refractivity contribution in [3.63, 3.8) is 0 Å². The van der Waals surface area contributed by atoms with Gasteiger partial charge in [0.15, 0.2) is 0 Å². The second kappa shape index (κ2) is 13.3. The van der Waals surface area contributed by atoms with E-state index in [0.717, 1.165) is 35.7 Å². The summed E-state index contributed by atoms with van der Waals surface area (Å²) >= 11 is 6.12. The highest BCUT2D eigenvalue weighted by atomic mass is 35.5. The molecule has 4 rings (SSSR count). The first kappa shape index (κ1) is 29.1. The van der Waals surface area contributed by atoms with Gasteiger partial charge in [0.05, 0.1) is 16.9 Å². The Morgan fingerprint density at radius 3 is 2.58 bits per heavy atom. The fourth-order valence-corrected chi connectivity index (χ4v) is 4.14. The van der Waals surface area contributed by atoms with Gasteiger partial charge in [0.2, 0.25) is 0 Å². The Morgan fingerprint density at radius 2 is 2.00 bits per heavy atom. The quantitative estimate of drug-likeness (QED) is 0.448.